The van der Waals surface area contributed by atoms with Crippen molar-refractivity contribution in [3.8, 4) is 17.2 Å². The zero-order valence-electron chi connectivity index (χ0n) is 16.2. The molecule has 7 nitrogen and oxygen atoms in total. The summed E-state index contributed by atoms with van der Waals surface area (Å²) in [5.41, 5.74) is 2.18. The molecule has 0 spiro atoms. The highest BCUT2D eigenvalue weighted by molar-refractivity contribution is 6.07. The van der Waals surface area contributed by atoms with Crippen LogP contribution in [0.15, 0.2) is 42.6 Å². The maximum atomic E-state index is 12.5. The first-order valence-electron chi connectivity index (χ1n) is 8.74. The molecule has 0 bridgehead atoms. The SMILES string of the molecule is CCOC(=O)c1cnc2c(OC)cccc2c1Nc1ccc(OC)cc1OC. The Morgan fingerprint density at radius 3 is 2.50 bits per heavy atom. The third-order valence-electron chi connectivity index (χ3n) is 4.24. The molecule has 3 rings (SSSR count). The van der Waals surface area contributed by atoms with Crippen LogP contribution in [0, 0.1) is 0 Å². The Labute approximate surface area is 163 Å². The molecule has 0 radical (unpaired) electrons. The molecule has 0 saturated heterocycles. The summed E-state index contributed by atoms with van der Waals surface area (Å²) >= 11 is 0. The predicted molar refractivity (Wildman–Crippen MR) is 107 cm³/mol. The number of rotatable bonds is 7. The van der Waals surface area contributed by atoms with Crippen molar-refractivity contribution in [3.05, 3.63) is 48.2 Å². The van der Waals surface area contributed by atoms with E-state index >= 15 is 0 Å². The van der Waals surface area contributed by atoms with Crippen LogP contribution in [-0.2, 0) is 4.74 Å². The predicted octanol–water partition coefficient (Wildman–Crippen LogP) is 4.18. The van der Waals surface area contributed by atoms with Gasteiger partial charge in [-0.3, -0.25) is 4.98 Å². The van der Waals surface area contributed by atoms with Crippen LogP contribution < -0.4 is 19.5 Å². The highest BCUT2D eigenvalue weighted by Crippen LogP contribution is 2.37. The summed E-state index contributed by atoms with van der Waals surface area (Å²) < 4.78 is 21.3. The van der Waals surface area contributed by atoms with E-state index < -0.39 is 5.97 Å². The fourth-order valence-electron chi connectivity index (χ4n) is 2.90. The molecule has 0 aliphatic rings. The van der Waals surface area contributed by atoms with Crippen LogP contribution in [0.4, 0.5) is 11.4 Å². The number of nitrogens with one attached hydrogen (secondary N) is 1. The van der Waals surface area contributed by atoms with Crippen LogP contribution in [-0.4, -0.2) is 38.9 Å². The first-order chi connectivity index (χ1) is 13.6. The van der Waals surface area contributed by atoms with Crippen molar-refractivity contribution in [2.45, 2.75) is 6.92 Å². The Morgan fingerprint density at radius 1 is 1.04 bits per heavy atom. The van der Waals surface area contributed by atoms with Gasteiger partial charge in [0.2, 0.25) is 0 Å². The maximum Gasteiger partial charge on any atom is 0.341 e. The van der Waals surface area contributed by atoms with Gasteiger partial charge in [0, 0.05) is 17.6 Å². The summed E-state index contributed by atoms with van der Waals surface area (Å²) in [7, 11) is 4.73. The van der Waals surface area contributed by atoms with Crippen LogP contribution in [0.3, 0.4) is 0 Å². The van der Waals surface area contributed by atoms with Gasteiger partial charge in [0.15, 0.2) is 0 Å². The zero-order valence-corrected chi connectivity index (χ0v) is 16.2. The summed E-state index contributed by atoms with van der Waals surface area (Å²) in [6.07, 6.45) is 1.49. The smallest absolute Gasteiger partial charge is 0.341 e. The fourth-order valence-corrected chi connectivity index (χ4v) is 2.90. The van der Waals surface area contributed by atoms with Crippen molar-refractivity contribution in [2.75, 3.05) is 33.3 Å². The number of esters is 1. The monoisotopic (exact) mass is 382 g/mol. The summed E-state index contributed by atoms with van der Waals surface area (Å²) in [6, 6.07) is 10.9. The zero-order chi connectivity index (χ0) is 20.1. The maximum absolute atomic E-state index is 12.5. The summed E-state index contributed by atoms with van der Waals surface area (Å²) in [6.45, 7) is 2.02. The van der Waals surface area contributed by atoms with Gasteiger partial charge < -0.3 is 24.3 Å². The van der Waals surface area contributed by atoms with Gasteiger partial charge in [-0.1, -0.05) is 12.1 Å². The number of benzene rings is 2. The minimum absolute atomic E-state index is 0.264. The summed E-state index contributed by atoms with van der Waals surface area (Å²) in [5.74, 6) is 1.38. The molecule has 1 N–H and O–H groups in total. The Hall–Kier alpha value is -3.48. The molecule has 0 fully saturated rings. The van der Waals surface area contributed by atoms with E-state index in [0.717, 1.165) is 5.39 Å². The number of carbonyl (C=O) groups excluding carboxylic acids is 1. The van der Waals surface area contributed by atoms with Gasteiger partial charge in [0.25, 0.3) is 0 Å². The normalized spacial score (nSPS) is 10.4. The van der Waals surface area contributed by atoms with Gasteiger partial charge in [-0.15, -0.1) is 0 Å². The molecule has 3 aromatic rings. The van der Waals surface area contributed by atoms with Crippen LogP contribution >= 0.6 is 0 Å². The van der Waals surface area contributed by atoms with Gasteiger partial charge in [0.1, 0.15) is 28.3 Å². The number of pyridine rings is 1. The lowest BCUT2D eigenvalue weighted by atomic mass is 10.1. The molecule has 0 amide bonds. The molecule has 28 heavy (non-hydrogen) atoms. The number of carbonyl (C=O) groups is 1. The lowest BCUT2D eigenvalue weighted by Crippen LogP contribution is -2.10. The Bertz CT molecular complexity index is 1000. The van der Waals surface area contributed by atoms with Crippen LogP contribution in [0.5, 0.6) is 17.2 Å². The lowest BCUT2D eigenvalue weighted by Gasteiger charge is -2.17. The van der Waals surface area contributed by atoms with E-state index in [0.29, 0.717) is 39.7 Å². The second-order valence-corrected chi connectivity index (χ2v) is 5.81. The van der Waals surface area contributed by atoms with E-state index in [1.165, 1.54) is 6.20 Å². The number of ether oxygens (including phenoxy) is 4. The molecule has 0 atom stereocenters. The van der Waals surface area contributed by atoms with Crippen molar-refractivity contribution < 1.29 is 23.7 Å². The van der Waals surface area contributed by atoms with E-state index in [-0.39, 0.29) is 6.61 Å². The minimum Gasteiger partial charge on any atom is -0.497 e. The van der Waals surface area contributed by atoms with Gasteiger partial charge >= 0.3 is 5.97 Å². The van der Waals surface area contributed by atoms with Gasteiger partial charge in [-0.05, 0) is 25.1 Å². The number of hydrogen-bond donors (Lipinski definition) is 1. The van der Waals surface area contributed by atoms with Crippen LogP contribution in [0.25, 0.3) is 10.9 Å². The Morgan fingerprint density at radius 2 is 1.82 bits per heavy atom. The summed E-state index contributed by atoms with van der Waals surface area (Å²) in [4.78, 5) is 16.9. The van der Waals surface area contributed by atoms with Crippen molar-refractivity contribution in [2.24, 2.45) is 0 Å². The van der Waals surface area contributed by atoms with Crippen molar-refractivity contribution >= 4 is 28.2 Å². The second kappa shape index (κ2) is 8.47. The third kappa shape index (κ3) is 3.64. The molecule has 0 unspecified atom stereocenters. The standard InChI is InChI=1S/C21H22N2O5/c1-5-28-21(24)15-12-22-20-14(7-6-8-17(20)26-3)19(15)23-16-10-9-13(25-2)11-18(16)27-4/h6-12H,5H2,1-4H3,(H,22,23). The van der Waals surface area contributed by atoms with Gasteiger partial charge in [-0.2, -0.15) is 0 Å². The number of methoxy groups -OCH3 is 3. The van der Waals surface area contributed by atoms with Crippen LogP contribution in [0.2, 0.25) is 0 Å². The number of anilines is 2. The number of para-hydroxylation sites is 1. The number of nitrogens with zero attached hydrogens (tertiary/aromatic N) is 1. The molecule has 2 aromatic carbocycles. The Balaban J connectivity index is 2.19. The molecule has 146 valence electrons. The fraction of sp³-hybridized carbons (Fsp3) is 0.238. The molecular formula is C21H22N2O5. The number of hydrogen-bond acceptors (Lipinski definition) is 7. The van der Waals surface area contributed by atoms with Gasteiger partial charge in [0.05, 0.1) is 39.3 Å². The molecular weight excluding hydrogens is 360 g/mol. The number of aromatic nitrogens is 1. The highest BCUT2D eigenvalue weighted by atomic mass is 16.5. The van der Waals surface area contributed by atoms with E-state index in [4.69, 9.17) is 18.9 Å². The van der Waals surface area contributed by atoms with Gasteiger partial charge in [-0.25, -0.2) is 4.79 Å². The third-order valence-corrected chi connectivity index (χ3v) is 4.24. The van der Waals surface area contributed by atoms with Crippen molar-refractivity contribution in [3.63, 3.8) is 0 Å². The molecule has 7 heteroatoms. The Kier molecular flexibility index (Phi) is 5.84. The average molecular weight is 382 g/mol. The topological polar surface area (TPSA) is 78.9 Å². The van der Waals surface area contributed by atoms with E-state index in [1.54, 1.807) is 40.4 Å². The largest absolute Gasteiger partial charge is 0.497 e. The molecule has 0 aliphatic heterocycles. The molecule has 0 aliphatic carbocycles. The first-order valence-corrected chi connectivity index (χ1v) is 8.74. The second-order valence-electron chi connectivity index (χ2n) is 5.81. The van der Waals surface area contributed by atoms with Crippen molar-refractivity contribution in [1.29, 1.82) is 0 Å². The quantitative estimate of drug-likeness (QED) is 0.614. The van der Waals surface area contributed by atoms with Crippen molar-refractivity contribution in [1.82, 2.24) is 4.98 Å². The summed E-state index contributed by atoms with van der Waals surface area (Å²) in [5, 5.41) is 4.02. The van der Waals surface area contributed by atoms with E-state index in [2.05, 4.69) is 10.3 Å². The molecule has 1 aromatic heterocycles. The average Bonchev–Trinajstić information content (AvgIpc) is 2.73. The molecule has 0 saturated carbocycles. The van der Waals surface area contributed by atoms with E-state index in [1.807, 2.05) is 24.3 Å². The lowest BCUT2D eigenvalue weighted by molar-refractivity contribution is 0.0527. The molecule has 1 heterocycles. The van der Waals surface area contributed by atoms with Crippen LogP contribution in [0.1, 0.15) is 17.3 Å². The minimum atomic E-state index is -0.463. The first kappa shape index (κ1) is 19.3. The van der Waals surface area contributed by atoms with E-state index in [9.17, 15) is 4.79 Å². The number of fused-ring (bicyclic) bond motifs is 1. The highest BCUT2D eigenvalue weighted by Gasteiger charge is 2.19.